The molecule has 4 nitrogen and oxygen atoms in total. The second-order valence-electron chi connectivity index (χ2n) is 4.62. The van der Waals surface area contributed by atoms with E-state index in [4.69, 9.17) is 11.6 Å². The molecule has 2 rings (SSSR count). The minimum Gasteiger partial charge on any atom is -0.339 e. The first-order chi connectivity index (χ1) is 8.66. The van der Waals surface area contributed by atoms with Gasteiger partial charge in [-0.05, 0) is 38.1 Å². The van der Waals surface area contributed by atoms with Crippen LogP contribution in [-0.4, -0.2) is 53.9 Å². The molecular formula is C13H18ClN3O. The zero-order valence-electron chi connectivity index (χ0n) is 10.6. The molecule has 1 fully saturated rings. The van der Waals surface area contributed by atoms with Crippen molar-refractivity contribution in [3.05, 3.63) is 29.0 Å². The molecule has 0 aromatic carbocycles. The van der Waals surface area contributed by atoms with Gasteiger partial charge in [0.05, 0.1) is 0 Å². The van der Waals surface area contributed by atoms with Crippen LogP contribution in [-0.2, 0) is 0 Å². The SMILES string of the molecule is CN(CCN1CCCC1)C(=O)c1cccc(Cl)n1. The molecule has 0 aliphatic carbocycles. The summed E-state index contributed by atoms with van der Waals surface area (Å²) in [6.07, 6.45) is 2.54. The highest BCUT2D eigenvalue weighted by molar-refractivity contribution is 6.29. The summed E-state index contributed by atoms with van der Waals surface area (Å²) in [5.74, 6) is -0.0725. The molecule has 0 N–H and O–H groups in total. The molecule has 0 spiro atoms. The number of carbonyl (C=O) groups is 1. The first-order valence-electron chi connectivity index (χ1n) is 6.27. The van der Waals surface area contributed by atoms with Crippen LogP contribution < -0.4 is 0 Å². The van der Waals surface area contributed by atoms with Crippen LogP contribution in [0, 0.1) is 0 Å². The van der Waals surface area contributed by atoms with Gasteiger partial charge in [-0.15, -0.1) is 0 Å². The normalized spacial score (nSPS) is 15.9. The molecule has 0 radical (unpaired) electrons. The number of amides is 1. The predicted molar refractivity (Wildman–Crippen MR) is 71.9 cm³/mol. The van der Waals surface area contributed by atoms with Gasteiger partial charge in [0.2, 0.25) is 0 Å². The number of nitrogens with zero attached hydrogens (tertiary/aromatic N) is 3. The summed E-state index contributed by atoms with van der Waals surface area (Å²) in [7, 11) is 1.81. The Kier molecular flexibility index (Phi) is 4.55. The number of hydrogen-bond acceptors (Lipinski definition) is 3. The van der Waals surface area contributed by atoms with Crippen molar-refractivity contribution in [2.45, 2.75) is 12.8 Å². The molecule has 98 valence electrons. The van der Waals surface area contributed by atoms with Crippen LogP contribution in [0.5, 0.6) is 0 Å². The fourth-order valence-corrected chi connectivity index (χ4v) is 2.29. The topological polar surface area (TPSA) is 36.4 Å². The lowest BCUT2D eigenvalue weighted by Gasteiger charge is -2.21. The van der Waals surface area contributed by atoms with Gasteiger partial charge in [-0.3, -0.25) is 4.79 Å². The Bertz CT molecular complexity index is 418. The number of likely N-dealkylation sites (N-methyl/N-ethyl adjacent to an activating group) is 1. The van der Waals surface area contributed by atoms with E-state index < -0.39 is 0 Å². The molecule has 1 amide bonds. The lowest BCUT2D eigenvalue weighted by Crippen LogP contribution is -2.35. The standard InChI is InChI=1S/C13H18ClN3O/c1-16(9-10-17-7-2-3-8-17)13(18)11-5-4-6-12(14)15-11/h4-6H,2-3,7-10H2,1H3. The highest BCUT2D eigenvalue weighted by Gasteiger charge is 2.16. The quantitative estimate of drug-likeness (QED) is 0.782. The fourth-order valence-electron chi connectivity index (χ4n) is 2.12. The number of rotatable bonds is 4. The first kappa shape index (κ1) is 13.3. The molecule has 0 saturated carbocycles. The first-order valence-corrected chi connectivity index (χ1v) is 6.65. The highest BCUT2D eigenvalue weighted by atomic mass is 35.5. The third-order valence-electron chi connectivity index (χ3n) is 3.23. The predicted octanol–water partition coefficient (Wildman–Crippen LogP) is 1.90. The average Bonchev–Trinajstić information content (AvgIpc) is 2.88. The molecule has 18 heavy (non-hydrogen) atoms. The van der Waals surface area contributed by atoms with Gasteiger partial charge >= 0.3 is 0 Å². The summed E-state index contributed by atoms with van der Waals surface area (Å²) in [5.41, 5.74) is 0.409. The van der Waals surface area contributed by atoms with Crippen LogP contribution in [0.1, 0.15) is 23.3 Å². The molecule has 0 unspecified atom stereocenters. The van der Waals surface area contributed by atoms with E-state index in [0.29, 0.717) is 10.8 Å². The molecule has 0 atom stereocenters. The van der Waals surface area contributed by atoms with Gasteiger partial charge in [-0.2, -0.15) is 0 Å². The second kappa shape index (κ2) is 6.16. The minimum atomic E-state index is -0.0725. The van der Waals surface area contributed by atoms with Crippen LogP contribution in [0.4, 0.5) is 0 Å². The van der Waals surface area contributed by atoms with Crippen molar-refractivity contribution in [3.8, 4) is 0 Å². The van der Waals surface area contributed by atoms with E-state index in [1.54, 1.807) is 30.1 Å². The lowest BCUT2D eigenvalue weighted by atomic mass is 10.3. The molecule has 0 bridgehead atoms. The van der Waals surface area contributed by atoms with Crippen molar-refractivity contribution >= 4 is 17.5 Å². The van der Waals surface area contributed by atoms with E-state index in [1.807, 2.05) is 0 Å². The number of pyridine rings is 1. The molecule has 1 aliphatic heterocycles. The Balaban J connectivity index is 1.87. The zero-order valence-corrected chi connectivity index (χ0v) is 11.4. The Morgan fingerprint density at radius 1 is 1.44 bits per heavy atom. The summed E-state index contributed by atoms with van der Waals surface area (Å²) < 4.78 is 0. The maximum Gasteiger partial charge on any atom is 0.272 e. The van der Waals surface area contributed by atoms with Gasteiger partial charge in [0, 0.05) is 20.1 Å². The molecule has 2 heterocycles. The van der Waals surface area contributed by atoms with Gasteiger partial charge in [0.25, 0.3) is 5.91 Å². The van der Waals surface area contributed by atoms with E-state index in [2.05, 4.69) is 9.88 Å². The van der Waals surface area contributed by atoms with Crippen molar-refractivity contribution in [3.63, 3.8) is 0 Å². The molecule has 1 saturated heterocycles. The van der Waals surface area contributed by atoms with E-state index in [1.165, 1.54) is 12.8 Å². The van der Waals surface area contributed by atoms with Crippen LogP contribution in [0.2, 0.25) is 5.15 Å². The summed E-state index contributed by atoms with van der Waals surface area (Å²) in [6.45, 7) is 3.96. The highest BCUT2D eigenvalue weighted by Crippen LogP contribution is 2.09. The Hall–Kier alpha value is -1.13. The smallest absolute Gasteiger partial charge is 0.272 e. The summed E-state index contributed by atoms with van der Waals surface area (Å²) in [4.78, 5) is 20.2. The number of aromatic nitrogens is 1. The van der Waals surface area contributed by atoms with Crippen LogP contribution in [0.25, 0.3) is 0 Å². The van der Waals surface area contributed by atoms with Crippen molar-refractivity contribution in [2.24, 2.45) is 0 Å². The van der Waals surface area contributed by atoms with Crippen LogP contribution in [0.3, 0.4) is 0 Å². The van der Waals surface area contributed by atoms with Gasteiger partial charge < -0.3 is 9.80 Å². The summed E-state index contributed by atoms with van der Waals surface area (Å²) >= 11 is 5.78. The maximum atomic E-state index is 12.1. The molecule has 1 aliphatic rings. The van der Waals surface area contributed by atoms with Gasteiger partial charge in [-0.1, -0.05) is 17.7 Å². The van der Waals surface area contributed by atoms with E-state index in [0.717, 1.165) is 26.2 Å². The van der Waals surface area contributed by atoms with Gasteiger partial charge in [0.1, 0.15) is 10.8 Å². The maximum absolute atomic E-state index is 12.1. The van der Waals surface area contributed by atoms with Crippen LogP contribution >= 0.6 is 11.6 Å². The van der Waals surface area contributed by atoms with E-state index in [-0.39, 0.29) is 5.91 Å². The number of hydrogen-bond donors (Lipinski definition) is 0. The van der Waals surface area contributed by atoms with Crippen molar-refractivity contribution in [2.75, 3.05) is 33.2 Å². The third kappa shape index (κ3) is 3.43. The van der Waals surface area contributed by atoms with Crippen LogP contribution in [0.15, 0.2) is 18.2 Å². The van der Waals surface area contributed by atoms with Crippen molar-refractivity contribution < 1.29 is 4.79 Å². The Labute approximate surface area is 113 Å². The summed E-state index contributed by atoms with van der Waals surface area (Å²) in [5, 5.41) is 0.355. The zero-order chi connectivity index (χ0) is 13.0. The van der Waals surface area contributed by atoms with E-state index in [9.17, 15) is 4.79 Å². The lowest BCUT2D eigenvalue weighted by molar-refractivity contribution is 0.0776. The Morgan fingerprint density at radius 3 is 2.83 bits per heavy atom. The number of carbonyl (C=O) groups excluding carboxylic acids is 1. The largest absolute Gasteiger partial charge is 0.339 e. The number of halogens is 1. The number of likely N-dealkylation sites (tertiary alicyclic amines) is 1. The molecule has 5 heteroatoms. The molecule has 1 aromatic heterocycles. The van der Waals surface area contributed by atoms with Gasteiger partial charge in [0.15, 0.2) is 0 Å². The van der Waals surface area contributed by atoms with E-state index >= 15 is 0 Å². The monoisotopic (exact) mass is 267 g/mol. The molecular weight excluding hydrogens is 250 g/mol. The third-order valence-corrected chi connectivity index (χ3v) is 3.44. The minimum absolute atomic E-state index is 0.0725. The second-order valence-corrected chi connectivity index (χ2v) is 5.01. The van der Waals surface area contributed by atoms with Crippen molar-refractivity contribution in [1.82, 2.24) is 14.8 Å². The molecule has 1 aromatic rings. The van der Waals surface area contributed by atoms with Crippen molar-refractivity contribution in [1.29, 1.82) is 0 Å². The van der Waals surface area contributed by atoms with Gasteiger partial charge in [-0.25, -0.2) is 4.98 Å². The average molecular weight is 268 g/mol. The summed E-state index contributed by atoms with van der Waals surface area (Å²) in [6, 6.07) is 5.11. The Morgan fingerprint density at radius 2 is 2.17 bits per heavy atom. The fraction of sp³-hybridized carbons (Fsp3) is 0.538.